The Balaban J connectivity index is 1.48. The molecule has 7 atom stereocenters. The second-order valence-electron chi connectivity index (χ2n) is 12.8. The monoisotopic (exact) mass is 656 g/mol. The molecule has 1 spiro atoms. The molecule has 0 saturated carbocycles. The molecule has 2 saturated heterocycles. The second kappa shape index (κ2) is 13.9. The van der Waals surface area contributed by atoms with E-state index in [1.165, 1.54) is 4.90 Å². The molecular weight excluding hydrogens is 612 g/mol. The van der Waals surface area contributed by atoms with Crippen LogP contribution in [0.2, 0.25) is 0 Å². The highest BCUT2D eigenvalue weighted by molar-refractivity contribution is 6.05. The number of allylic oxidation sites excluding steroid dienone is 1. The smallest absolute Gasteiger partial charge is 0.313 e. The first-order chi connectivity index (χ1) is 23.2. The number of aliphatic hydroxyl groups excluding tert-OH is 1. The van der Waals surface area contributed by atoms with Crippen molar-refractivity contribution in [2.75, 3.05) is 42.6 Å². The number of hydrogen-bond acceptors (Lipinski definition) is 8. The van der Waals surface area contributed by atoms with Gasteiger partial charge in [0.15, 0.2) is 0 Å². The minimum Gasteiger partial charge on any atom is -0.460 e. The number of amides is 3. The van der Waals surface area contributed by atoms with Gasteiger partial charge in [-0.25, -0.2) is 0 Å². The van der Waals surface area contributed by atoms with E-state index in [-0.39, 0.29) is 25.4 Å². The van der Waals surface area contributed by atoms with Gasteiger partial charge in [-0.1, -0.05) is 54.6 Å². The predicted molar refractivity (Wildman–Crippen MR) is 180 cm³/mol. The molecule has 5 bridgehead atoms. The lowest BCUT2D eigenvalue weighted by Gasteiger charge is -2.39. The number of ether oxygens (including phenoxy) is 2. The molecule has 6 rings (SSSR count). The first-order valence-corrected chi connectivity index (χ1v) is 16.9. The average Bonchev–Trinajstić information content (AvgIpc) is 3.74. The van der Waals surface area contributed by atoms with Crippen LogP contribution in [0.1, 0.15) is 45.2 Å². The maximum absolute atomic E-state index is 15.2. The number of fused-ring (bicyclic) bond motifs is 2. The van der Waals surface area contributed by atoms with Gasteiger partial charge < -0.3 is 34.6 Å². The van der Waals surface area contributed by atoms with E-state index in [2.05, 4.69) is 24.1 Å². The SMILES string of the molecule is CCN(CC)c1ccc(N2C/C=C\CCC(=O)NC[C@@H](C)OC(=O)[C@@H]3[C@@H]4C=C[C@]5(O4)[C@H](C2=O)N([C@H](CO)c2ccccc2)C(=O)[C@@H]35)cc1. The summed E-state index contributed by atoms with van der Waals surface area (Å²) in [6, 6.07) is 14.7. The molecule has 48 heavy (non-hydrogen) atoms. The summed E-state index contributed by atoms with van der Waals surface area (Å²) in [5.74, 6) is -3.73. The van der Waals surface area contributed by atoms with Crippen molar-refractivity contribution in [2.45, 2.75) is 63.5 Å². The summed E-state index contributed by atoms with van der Waals surface area (Å²) in [6.45, 7) is 7.34. The van der Waals surface area contributed by atoms with Gasteiger partial charge in [0.2, 0.25) is 11.8 Å². The Kier molecular flexibility index (Phi) is 9.70. The highest BCUT2D eigenvalue weighted by Gasteiger charge is 2.74. The topological polar surface area (TPSA) is 129 Å². The molecule has 0 aliphatic carbocycles. The van der Waals surface area contributed by atoms with Crippen LogP contribution in [0.15, 0.2) is 78.9 Å². The summed E-state index contributed by atoms with van der Waals surface area (Å²) < 4.78 is 12.3. The lowest BCUT2D eigenvalue weighted by Crippen LogP contribution is -2.57. The maximum Gasteiger partial charge on any atom is 0.313 e. The third-order valence-corrected chi connectivity index (χ3v) is 9.96. The van der Waals surface area contributed by atoms with Crippen LogP contribution in [0.25, 0.3) is 0 Å². The molecule has 2 fully saturated rings. The van der Waals surface area contributed by atoms with Crippen LogP contribution in [0.3, 0.4) is 0 Å². The van der Waals surface area contributed by atoms with Crippen LogP contribution >= 0.6 is 0 Å². The Morgan fingerprint density at radius 3 is 2.42 bits per heavy atom. The van der Waals surface area contributed by atoms with Crippen molar-refractivity contribution in [3.63, 3.8) is 0 Å². The van der Waals surface area contributed by atoms with Crippen molar-refractivity contribution in [1.82, 2.24) is 10.2 Å². The summed E-state index contributed by atoms with van der Waals surface area (Å²) >= 11 is 0. The number of cyclic esters (lactones) is 1. The van der Waals surface area contributed by atoms with Crippen molar-refractivity contribution in [3.8, 4) is 0 Å². The largest absolute Gasteiger partial charge is 0.460 e. The van der Waals surface area contributed by atoms with Gasteiger partial charge in [0.25, 0.3) is 5.91 Å². The zero-order chi connectivity index (χ0) is 34.0. The van der Waals surface area contributed by atoms with Crippen molar-refractivity contribution in [3.05, 3.63) is 84.5 Å². The standard InChI is InChI=1S/C37H44N4O7/c1-4-39(5-2)26-15-17-27(18-16-26)40-21-11-7-10-14-30(43)38-22-24(3)47-36(46)31-29-19-20-37(48-29)32(31)34(44)41(33(37)35(40)45)28(23-42)25-12-8-6-9-13-25/h6-9,11-13,15-20,24,28-29,31-33,42H,4-5,10,14,21-23H2,1-3H3,(H,38,43)/b11-7-/t24-,28-,29+,31-,32-,33+,37-/m1/s1. The molecular formula is C37H44N4O7. The van der Waals surface area contributed by atoms with Gasteiger partial charge in [0.05, 0.1) is 31.2 Å². The molecule has 0 unspecified atom stereocenters. The van der Waals surface area contributed by atoms with Crippen LogP contribution in [0.5, 0.6) is 0 Å². The highest BCUT2D eigenvalue weighted by Crippen LogP contribution is 2.57. The minimum atomic E-state index is -1.46. The van der Waals surface area contributed by atoms with Crippen LogP contribution in [-0.2, 0) is 28.7 Å². The molecule has 4 aliphatic heterocycles. The number of carbonyl (C=O) groups excluding carboxylic acids is 4. The Hall–Kier alpha value is -4.48. The van der Waals surface area contributed by atoms with E-state index in [1.807, 2.05) is 66.7 Å². The van der Waals surface area contributed by atoms with E-state index in [9.17, 15) is 19.5 Å². The Morgan fingerprint density at radius 1 is 1.00 bits per heavy atom. The first kappa shape index (κ1) is 33.4. The predicted octanol–water partition coefficient (Wildman–Crippen LogP) is 3.15. The Labute approximate surface area is 281 Å². The number of esters is 1. The summed E-state index contributed by atoms with van der Waals surface area (Å²) in [5, 5.41) is 13.6. The fourth-order valence-corrected chi connectivity index (χ4v) is 7.60. The van der Waals surface area contributed by atoms with E-state index in [0.717, 1.165) is 18.8 Å². The fraction of sp³-hybridized carbons (Fsp3) is 0.459. The first-order valence-electron chi connectivity index (χ1n) is 16.9. The average molecular weight is 657 g/mol. The zero-order valence-corrected chi connectivity index (χ0v) is 27.7. The van der Waals surface area contributed by atoms with Gasteiger partial charge in [-0.2, -0.15) is 0 Å². The number of hydrogen-bond donors (Lipinski definition) is 2. The van der Waals surface area contributed by atoms with Crippen molar-refractivity contribution >= 4 is 35.1 Å². The van der Waals surface area contributed by atoms with Crippen LogP contribution in [-0.4, -0.2) is 90.3 Å². The highest BCUT2D eigenvalue weighted by atomic mass is 16.6. The lowest BCUT2D eigenvalue weighted by atomic mass is 9.74. The molecule has 0 radical (unpaired) electrons. The number of nitrogens with one attached hydrogen (secondary N) is 1. The molecule has 254 valence electrons. The third kappa shape index (κ3) is 5.90. The van der Waals surface area contributed by atoms with Gasteiger partial charge in [-0.05, 0) is 57.0 Å². The summed E-state index contributed by atoms with van der Waals surface area (Å²) in [7, 11) is 0. The van der Waals surface area contributed by atoms with E-state index in [4.69, 9.17) is 9.47 Å². The quantitative estimate of drug-likeness (QED) is 0.344. The fourth-order valence-electron chi connectivity index (χ4n) is 7.60. The molecule has 4 heterocycles. The molecule has 2 aromatic rings. The Bertz CT molecular complexity index is 1570. The van der Waals surface area contributed by atoms with Crippen LogP contribution in [0.4, 0.5) is 11.4 Å². The third-order valence-electron chi connectivity index (χ3n) is 9.96. The molecule has 11 nitrogen and oxygen atoms in total. The molecule has 2 N–H and O–H groups in total. The molecule has 11 heteroatoms. The number of anilines is 2. The minimum absolute atomic E-state index is 0.122. The second-order valence-corrected chi connectivity index (χ2v) is 12.8. The van der Waals surface area contributed by atoms with Gasteiger partial charge in [0.1, 0.15) is 23.7 Å². The molecule has 3 amide bonds. The lowest BCUT2D eigenvalue weighted by molar-refractivity contribution is -0.159. The van der Waals surface area contributed by atoms with Gasteiger partial charge >= 0.3 is 5.97 Å². The van der Waals surface area contributed by atoms with Crippen LogP contribution < -0.4 is 15.1 Å². The van der Waals surface area contributed by atoms with Gasteiger partial charge in [-0.15, -0.1) is 0 Å². The van der Waals surface area contributed by atoms with Crippen LogP contribution in [0, 0.1) is 11.8 Å². The molecule has 0 aromatic heterocycles. The number of rotatable bonds is 7. The van der Waals surface area contributed by atoms with Gasteiger partial charge in [-0.3, -0.25) is 19.2 Å². The number of benzene rings is 2. The maximum atomic E-state index is 15.2. The Morgan fingerprint density at radius 2 is 1.73 bits per heavy atom. The normalized spacial score (nSPS) is 30.2. The van der Waals surface area contributed by atoms with E-state index in [0.29, 0.717) is 17.7 Å². The van der Waals surface area contributed by atoms with E-state index in [1.54, 1.807) is 24.0 Å². The van der Waals surface area contributed by atoms with Gasteiger partial charge in [0, 0.05) is 37.4 Å². The summed E-state index contributed by atoms with van der Waals surface area (Å²) in [5.41, 5.74) is 0.825. The number of nitrogens with zero attached hydrogens (tertiary/aromatic N) is 3. The van der Waals surface area contributed by atoms with Crippen molar-refractivity contribution in [2.24, 2.45) is 11.8 Å². The summed E-state index contributed by atoms with van der Waals surface area (Å²) in [4.78, 5) is 61.4. The number of carbonyl (C=O) groups is 4. The number of aliphatic hydroxyl groups is 1. The molecule has 4 aliphatic rings. The van der Waals surface area contributed by atoms with E-state index < -0.39 is 66.1 Å². The molecule has 2 aromatic carbocycles. The van der Waals surface area contributed by atoms with Crippen molar-refractivity contribution in [1.29, 1.82) is 0 Å². The van der Waals surface area contributed by atoms with Crippen molar-refractivity contribution < 1.29 is 33.8 Å². The van der Waals surface area contributed by atoms with E-state index >= 15 is 4.79 Å². The number of likely N-dealkylation sites (tertiary alicyclic amines) is 1. The zero-order valence-electron chi connectivity index (χ0n) is 27.7. The summed E-state index contributed by atoms with van der Waals surface area (Å²) in [6.07, 6.45) is 6.45.